The van der Waals surface area contributed by atoms with Crippen molar-refractivity contribution in [3.8, 4) is 0 Å². The van der Waals surface area contributed by atoms with E-state index in [1.165, 1.54) is 11.3 Å². The lowest BCUT2D eigenvalue weighted by atomic mass is 9.82. The predicted molar refractivity (Wildman–Crippen MR) is 87.9 cm³/mol. The molecular formula is C14H20N4O2S2. The summed E-state index contributed by atoms with van der Waals surface area (Å²) in [4.78, 5) is 26.8. The van der Waals surface area contributed by atoms with Crippen LogP contribution < -0.4 is 5.32 Å². The van der Waals surface area contributed by atoms with Crippen LogP contribution in [0.4, 0.5) is 5.13 Å². The number of thioether (sulfide) groups is 1. The van der Waals surface area contributed by atoms with Crippen LogP contribution in [-0.2, 0) is 9.59 Å². The third-order valence-corrected chi connectivity index (χ3v) is 6.66. The summed E-state index contributed by atoms with van der Waals surface area (Å²) in [5.41, 5.74) is 1.59. The van der Waals surface area contributed by atoms with Crippen LogP contribution in [0.1, 0.15) is 32.1 Å². The Balaban J connectivity index is 1.52. The molecule has 0 unspecified atom stereocenters. The standard InChI is InChI=1S/C14H20N4O2S2/c1-21-14(5-2-6-14)12(20)18-7-3-10(4-8-18)11(19)16-13-17-15-9-22-13/h9-10H,2-8H2,1H3,(H,16,17,19). The summed E-state index contributed by atoms with van der Waals surface area (Å²) in [6.07, 6.45) is 6.60. The molecular weight excluding hydrogens is 320 g/mol. The number of piperidine rings is 1. The molecule has 2 fully saturated rings. The highest BCUT2D eigenvalue weighted by atomic mass is 32.2. The van der Waals surface area contributed by atoms with Crippen LogP contribution in [0.3, 0.4) is 0 Å². The molecule has 1 aromatic heterocycles. The van der Waals surface area contributed by atoms with E-state index in [1.807, 2.05) is 11.2 Å². The van der Waals surface area contributed by atoms with Gasteiger partial charge < -0.3 is 10.2 Å². The number of anilines is 1. The molecule has 1 saturated carbocycles. The summed E-state index contributed by atoms with van der Waals surface area (Å²) < 4.78 is -0.179. The topological polar surface area (TPSA) is 75.2 Å². The Hall–Kier alpha value is -1.15. The summed E-state index contributed by atoms with van der Waals surface area (Å²) in [6, 6.07) is 0. The van der Waals surface area contributed by atoms with E-state index in [4.69, 9.17) is 0 Å². The summed E-state index contributed by atoms with van der Waals surface area (Å²) >= 11 is 3.00. The van der Waals surface area contributed by atoms with Gasteiger partial charge in [-0.2, -0.15) is 0 Å². The number of rotatable bonds is 4. The number of nitrogens with one attached hydrogen (secondary N) is 1. The Labute approximate surface area is 138 Å². The molecule has 2 amide bonds. The minimum atomic E-state index is -0.179. The molecule has 6 nitrogen and oxygen atoms in total. The van der Waals surface area contributed by atoms with Crippen molar-refractivity contribution >= 4 is 40.0 Å². The number of aromatic nitrogens is 2. The van der Waals surface area contributed by atoms with Crippen molar-refractivity contribution < 1.29 is 9.59 Å². The molecule has 0 spiro atoms. The zero-order valence-corrected chi connectivity index (χ0v) is 14.2. The van der Waals surface area contributed by atoms with E-state index in [-0.39, 0.29) is 22.5 Å². The average Bonchev–Trinajstić information content (AvgIpc) is 2.99. The van der Waals surface area contributed by atoms with E-state index in [1.54, 1.807) is 17.3 Å². The van der Waals surface area contributed by atoms with Crippen LogP contribution in [-0.4, -0.2) is 51.0 Å². The van der Waals surface area contributed by atoms with Crippen LogP contribution in [0.2, 0.25) is 0 Å². The van der Waals surface area contributed by atoms with Crippen molar-refractivity contribution in [3.63, 3.8) is 0 Å². The zero-order chi connectivity index (χ0) is 15.6. The van der Waals surface area contributed by atoms with Gasteiger partial charge in [-0.1, -0.05) is 11.3 Å². The van der Waals surface area contributed by atoms with Gasteiger partial charge in [0.15, 0.2) is 0 Å². The van der Waals surface area contributed by atoms with Crippen LogP contribution >= 0.6 is 23.1 Å². The maximum absolute atomic E-state index is 12.7. The molecule has 2 aliphatic rings. The molecule has 0 aromatic carbocycles. The highest BCUT2D eigenvalue weighted by Gasteiger charge is 2.46. The highest BCUT2D eigenvalue weighted by Crippen LogP contribution is 2.44. The van der Waals surface area contributed by atoms with Gasteiger partial charge in [-0.15, -0.1) is 22.0 Å². The molecule has 0 bridgehead atoms. The number of carbonyl (C=O) groups excluding carboxylic acids is 2. The second-order valence-corrected chi connectivity index (χ2v) is 7.87. The fourth-order valence-electron chi connectivity index (χ4n) is 3.07. The molecule has 120 valence electrons. The summed E-state index contributed by atoms with van der Waals surface area (Å²) in [5.74, 6) is 0.223. The maximum Gasteiger partial charge on any atom is 0.238 e. The third kappa shape index (κ3) is 2.99. The number of hydrogen-bond acceptors (Lipinski definition) is 6. The van der Waals surface area contributed by atoms with Gasteiger partial charge in [0, 0.05) is 19.0 Å². The number of hydrogen-bond donors (Lipinski definition) is 1. The first kappa shape index (κ1) is 15.7. The van der Waals surface area contributed by atoms with Crippen molar-refractivity contribution in [2.24, 2.45) is 5.92 Å². The van der Waals surface area contributed by atoms with Gasteiger partial charge in [-0.3, -0.25) is 9.59 Å². The summed E-state index contributed by atoms with van der Waals surface area (Å²) in [7, 11) is 0. The van der Waals surface area contributed by atoms with Gasteiger partial charge in [-0.25, -0.2) is 0 Å². The minimum absolute atomic E-state index is 0.00734. The van der Waals surface area contributed by atoms with E-state index < -0.39 is 0 Å². The van der Waals surface area contributed by atoms with Gasteiger partial charge in [-0.05, 0) is 38.4 Å². The average molecular weight is 340 g/mol. The lowest BCUT2D eigenvalue weighted by molar-refractivity contribution is -0.138. The smallest absolute Gasteiger partial charge is 0.238 e. The van der Waals surface area contributed by atoms with Gasteiger partial charge in [0.1, 0.15) is 5.51 Å². The molecule has 1 saturated heterocycles. The van der Waals surface area contributed by atoms with Crippen molar-refractivity contribution in [2.75, 3.05) is 24.7 Å². The van der Waals surface area contributed by atoms with E-state index in [9.17, 15) is 9.59 Å². The second-order valence-electron chi connectivity index (χ2n) is 5.85. The molecule has 0 atom stereocenters. The van der Waals surface area contributed by atoms with Gasteiger partial charge in [0.05, 0.1) is 4.75 Å². The molecule has 22 heavy (non-hydrogen) atoms. The Bertz CT molecular complexity index is 532. The Morgan fingerprint density at radius 1 is 1.41 bits per heavy atom. The van der Waals surface area contributed by atoms with Crippen LogP contribution in [0, 0.1) is 5.92 Å². The Morgan fingerprint density at radius 2 is 2.14 bits per heavy atom. The summed E-state index contributed by atoms with van der Waals surface area (Å²) in [5, 5.41) is 10.9. The minimum Gasteiger partial charge on any atom is -0.341 e. The molecule has 1 N–H and O–H groups in total. The van der Waals surface area contributed by atoms with E-state index in [0.717, 1.165) is 32.1 Å². The molecule has 1 aliphatic carbocycles. The van der Waals surface area contributed by atoms with Crippen molar-refractivity contribution in [1.82, 2.24) is 15.1 Å². The van der Waals surface area contributed by atoms with E-state index >= 15 is 0 Å². The zero-order valence-electron chi connectivity index (χ0n) is 12.6. The van der Waals surface area contributed by atoms with Crippen molar-refractivity contribution in [2.45, 2.75) is 36.9 Å². The largest absolute Gasteiger partial charge is 0.341 e. The van der Waals surface area contributed by atoms with Crippen LogP contribution in [0.15, 0.2) is 5.51 Å². The maximum atomic E-state index is 12.7. The molecule has 2 heterocycles. The lowest BCUT2D eigenvalue weighted by Crippen LogP contribution is -2.53. The monoisotopic (exact) mass is 340 g/mol. The third-order valence-electron chi connectivity index (χ3n) is 4.68. The van der Waals surface area contributed by atoms with Gasteiger partial charge >= 0.3 is 0 Å². The van der Waals surface area contributed by atoms with E-state index in [0.29, 0.717) is 18.2 Å². The SMILES string of the molecule is CSC1(C(=O)N2CCC(C(=O)Nc3nncs3)CC2)CCC1. The van der Waals surface area contributed by atoms with Gasteiger partial charge in [0.25, 0.3) is 0 Å². The second kappa shape index (κ2) is 6.54. The van der Waals surface area contributed by atoms with E-state index in [2.05, 4.69) is 15.5 Å². The number of likely N-dealkylation sites (tertiary alicyclic amines) is 1. The fraction of sp³-hybridized carbons (Fsp3) is 0.714. The first-order chi connectivity index (χ1) is 10.6. The van der Waals surface area contributed by atoms with Crippen LogP contribution in [0.25, 0.3) is 0 Å². The van der Waals surface area contributed by atoms with Crippen molar-refractivity contribution in [3.05, 3.63) is 5.51 Å². The molecule has 8 heteroatoms. The molecule has 0 radical (unpaired) electrons. The molecule has 3 rings (SSSR count). The predicted octanol–water partition coefficient (Wildman–Crippen LogP) is 2.00. The number of amides is 2. The normalized spacial score (nSPS) is 21.2. The lowest BCUT2D eigenvalue weighted by Gasteiger charge is -2.44. The highest BCUT2D eigenvalue weighted by molar-refractivity contribution is 8.00. The van der Waals surface area contributed by atoms with Crippen LogP contribution in [0.5, 0.6) is 0 Å². The number of carbonyl (C=O) groups is 2. The number of nitrogens with zero attached hydrogens (tertiary/aromatic N) is 3. The first-order valence-corrected chi connectivity index (χ1v) is 9.66. The summed E-state index contributed by atoms with van der Waals surface area (Å²) in [6.45, 7) is 1.35. The van der Waals surface area contributed by atoms with Crippen molar-refractivity contribution in [1.29, 1.82) is 0 Å². The Kier molecular flexibility index (Phi) is 4.67. The Morgan fingerprint density at radius 3 is 2.64 bits per heavy atom. The molecule has 1 aromatic rings. The quantitative estimate of drug-likeness (QED) is 0.907. The fourth-order valence-corrected chi connectivity index (χ4v) is 4.52. The molecule has 1 aliphatic heterocycles. The first-order valence-electron chi connectivity index (χ1n) is 7.56. The van der Waals surface area contributed by atoms with Gasteiger partial charge in [0.2, 0.25) is 16.9 Å².